The molecular formula is C20H25ClN4O. The Balaban J connectivity index is 1.58. The smallest absolute Gasteiger partial charge is 0.228 e. The van der Waals surface area contributed by atoms with Crippen LogP contribution in [-0.4, -0.2) is 39.7 Å². The predicted octanol–water partition coefficient (Wildman–Crippen LogP) is 3.13. The molecule has 1 aliphatic carbocycles. The summed E-state index contributed by atoms with van der Waals surface area (Å²) in [5.41, 5.74) is 2.28. The Kier molecular flexibility index (Phi) is 4.76. The SMILES string of the molecule is CC(c1ccc(Cl)cc1)N(C(=O)[C@H]1CNC[C@@H]1c1cnn(C)c1)C1CC1. The first kappa shape index (κ1) is 17.6. The van der Waals surface area contributed by atoms with Crippen LogP contribution in [0.5, 0.6) is 0 Å². The first-order chi connectivity index (χ1) is 12.5. The second kappa shape index (κ2) is 7.05. The second-order valence-corrected chi connectivity index (χ2v) is 7.96. The minimum Gasteiger partial charge on any atom is -0.333 e. The standard InChI is InChI=1S/C20H25ClN4O/c1-13(14-3-5-16(21)6-4-14)25(17-7-8-17)20(26)19-11-22-10-18(19)15-9-23-24(2)12-15/h3-6,9,12-13,17-19,22H,7-8,10-11H2,1-2H3/t13?,18-,19+/m1/s1. The molecule has 0 spiro atoms. The van der Waals surface area contributed by atoms with Gasteiger partial charge in [-0.15, -0.1) is 0 Å². The molecule has 0 bridgehead atoms. The van der Waals surface area contributed by atoms with Crippen molar-refractivity contribution in [3.63, 3.8) is 0 Å². The van der Waals surface area contributed by atoms with Crippen LogP contribution in [0.25, 0.3) is 0 Å². The Morgan fingerprint density at radius 1 is 1.31 bits per heavy atom. The first-order valence-corrected chi connectivity index (χ1v) is 9.69. The van der Waals surface area contributed by atoms with Crippen molar-refractivity contribution in [1.29, 1.82) is 0 Å². The number of carbonyl (C=O) groups excluding carboxylic acids is 1. The summed E-state index contributed by atoms with van der Waals surface area (Å²) in [7, 11) is 1.92. The molecule has 1 unspecified atom stereocenters. The number of nitrogens with one attached hydrogen (secondary N) is 1. The Bertz CT molecular complexity index is 783. The Hall–Kier alpha value is -1.85. The van der Waals surface area contributed by atoms with Crippen molar-refractivity contribution in [1.82, 2.24) is 20.0 Å². The molecular weight excluding hydrogens is 348 g/mol. The number of nitrogens with zero attached hydrogens (tertiary/aromatic N) is 3. The highest BCUT2D eigenvalue weighted by molar-refractivity contribution is 6.30. The maximum Gasteiger partial charge on any atom is 0.228 e. The van der Waals surface area contributed by atoms with E-state index in [2.05, 4.69) is 22.2 Å². The number of rotatable bonds is 5. The minimum atomic E-state index is -0.0328. The van der Waals surface area contributed by atoms with Crippen molar-refractivity contribution in [3.05, 3.63) is 52.8 Å². The fraction of sp³-hybridized carbons (Fsp3) is 0.500. The Morgan fingerprint density at radius 3 is 2.65 bits per heavy atom. The number of hydrogen-bond acceptors (Lipinski definition) is 3. The third-order valence-corrected chi connectivity index (χ3v) is 5.90. The molecule has 1 saturated heterocycles. The maximum absolute atomic E-state index is 13.5. The van der Waals surface area contributed by atoms with Crippen molar-refractivity contribution in [2.24, 2.45) is 13.0 Å². The molecule has 1 saturated carbocycles. The van der Waals surface area contributed by atoms with Gasteiger partial charge < -0.3 is 10.2 Å². The Morgan fingerprint density at radius 2 is 2.04 bits per heavy atom. The van der Waals surface area contributed by atoms with Crippen molar-refractivity contribution in [2.75, 3.05) is 13.1 Å². The molecule has 26 heavy (non-hydrogen) atoms. The second-order valence-electron chi connectivity index (χ2n) is 7.52. The van der Waals surface area contributed by atoms with E-state index in [1.807, 2.05) is 48.4 Å². The highest BCUT2D eigenvalue weighted by atomic mass is 35.5. The lowest BCUT2D eigenvalue weighted by Crippen LogP contribution is -2.41. The fourth-order valence-electron chi connectivity index (χ4n) is 4.05. The van der Waals surface area contributed by atoms with Crippen LogP contribution in [0.2, 0.25) is 5.02 Å². The third kappa shape index (κ3) is 3.38. The molecule has 1 N–H and O–H groups in total. The quantitative estimate of drug-likeness (QED) is 0.877. The maximum atomic E-state index is 13.5. The van der Waals surface area contributed by atoms with Gasteiger partial charge in [-0.25, -0.2) is 0 Å². The zero-order valence-electron chi connectivity index (χ0n) is 15.2. The summed E-state index contributed by atoms with van der Waals surface area (Å²) in [4.78, 5) is 15.6. The highest BCUT2D eigenvalue weighted by Crippen LogP contribution is 2.39. The van der Waals surface area contributed by atoms with Crippen molar-refractivity contribution < 1.29 is 4.79 Å². The van der Waals surface area contributed by atoms with Gasteiger partial charge in [-0.1, -0.05) is 23.7 Å². The number of aromatic nitrogens is 2. The predicted molar refractivity (Wildman–Crippen MR) is 102 cm³/mol. The van der Waals surface area contributed by atoms with Crippen LogP contribution in [-0.2, 0) is 11.8 Å². The lowest BCUT2D eigenvalue weighted by Gasteiger charge is -2.33. The van der Waals surface area contributed by atoms with Crippen molar-refractivity contribution >= 4 is 17.5 Å². The third-order valence-electron chi connectivity index (χ3n) is 5.65. The van der Waals surface area contributed by atoms with Gasteiger partial charge in [0.25, 0.3) is 0 Å². The zero-order valence-corrected chi connectivity index (χ0v) is 16.0. The van der Waals surface area contributed by atoms with Crippen molar-refractivity contribution in [3.8, 4) is 0 Å². The minimum absolute atomic E-state index is 0.0328. The van der Waals surface area contributed by atoms with Crippen LogP contribution >= 0.6 is 11.6 Å². The van der Waals surface area contributed by atoms with Gasteiger partial charge in [0, 0.05) is 43.3 Å². The number of aryl methyl sites for hydroxylation is 1. The average molecular weight is 373 g/mol. The summed E-state index contributed by atoms with van der Waals surface area (Å²) in [6, 6.07) is 8.28. The molecule has 2 fully saturated rings. The van der Waals surface area contributed by atoms with Gasteiger partial charge in [-0.2, -0.15) is 5.10 Å². The summed E-state index contributed by atoms with van der Waals surface area (Å²) >= 11 is 6.03. The summed E-state index contributed by atoms with van der Waals surface area (Å²) in [5.74, 6) is 0.415. The molecule has 3 atom stereocenters. The summed E-state index contributed by atoms with van der Waals surface area (Å²) in [6.45, 7) is 3.69. The van der Waals surface area contributed by atoms with Gasteiger partial charge in [0.05, 0.1) is 18.2 Å². The van der Waals surface area contributed by atoms with Gasteiger partial charge in [0.15, 0.2) is 0 Å². The van der Waals surface area contributed by atoms with E-state index >= 15 is 0 Å². The monoisotopic (exact) mass is 372 g/mol. The van der Waals surface area contributed by atoms with E-state index in [1.165, 1.54) is 0 Å². The van der Waals surface area contributed by atoms with E-state index in [9.17, 15) is 4.79 Å². The van der Waals surface area contributed by atoms with Gasteiger partial charge in [0.2, 0.25) is 5.91 Å². The zero-order chi connectivity index (χ0) is 18.3. The van der Waals surface area contributed by atoms with Crippen LogP contribution in [0.4, 0.5) is 0 Å². The summed E-state index contributed by atoms with van der Waals surface area (Å²) in [5, 5.41) is 8.42. The van der Waals surface area contributed by atoms with Gasteiger partial charge in [-0.3, -0.25) is 9.48 Å². The van der Waals surface area contributed by atoms with Crippen LogP contribution in [0, 0.1) is 5.92 Å². The molecule has 2 aromatic rings. The molecule has 0 radical (unpaired) electrons. The van der Waals surface area contributed by atoms with E-state index < -0.39 is 0 Å². The molecule has 1 amide bonds. The van der Waals surface area contributed by atoms with E-state index in [0.717, 1.165) is 42.1 Å². The van der Waals surface area contributed by atoms with Crippen LogP contribution in [0.15, 0.2) is 36.7 Å². The van der Waals surface area contributed by atoms with Gasteiger partial charge in [0.1, 0.15) is 0 Å². The van der Waals surface area contributed by atoms with E-state index in [-0.39, 0.29) is 23.8 Å². The van der Waals surface area contributed by atoms with Crippen LogP contribution in [0.1, 0.15) is 42.9 Å². The molecule has 1 aromatic carbocycles. The molecule has 6 heteroatoms. The van der Waals surface area contributed by atoms with E-state index in [0.29, 0.717) is 6.04 Å². The topological polar surface area (TPSA) is 50.2 Å². The van der Waals surface area contributed by atoms with Crippen molar-refractivity contribution in [2.45, 2.75) is 37.8 Å². The highest BCUT2D eigenvalue weighted by Gasteiger charge is 2.43. The molecule has 2 aliphatic rings. The van der Waals surface area contributed by atoms with E-state index in [4.69, 9.17) is 11.6 Å². The number of benzene rings is 1. The number of hydrogen-bond donors (Lipinski definition) is 1. The average Bonchev–Trinajstić information content (AvgIpc) is 3.17. The van der Waals surface area contributed by atoms with E-state index in [1.54, 1.807) is 0 Å². The molecule has 4 rings (SSSR count). The van der Waals surface area contributed by atoms with Crippen LogP contribution < -0.4 is 5.32 Å². The van der Waals surface area contributed by atoms with Gasteiger partial charge >= 0.3 is 0 Å². The molecule has 5 nitrogen and oxygen atoms in total. The number of amides is 1. The summed E-state index contributed by atoms with van der Waals surface area (Å²) < 4.78 is 1.81. The molecule has 138 valence electrons. The normalized spacial score (nSPS) is 23.8. The fourth-order valence-corrected chi connectivity index (χ4v) is 4.18. The Labute approximate surface area is 159 Å². The first-order valence-electron chi connectivity index (χ1n) is 9.31. The summed E-state index contributed by atoms with van der Waals surface area (Å²) in [6.07, 6.45) is 6.12. The van der Waals surface area contributed by atoms with Gasteiger partial charge in [-0.05, 0) is 43.0 Å². The molecule has 1 aliphatic heterocycles. The molecule has 1 aromatic heterocycles. The largest absolute Gasteiger partial charge is 0.333 e. The lowest BCUT2D eigenvalue weighted by atomic mass is 9.89. The molecule has 2 heterocycles. The van der Waals surface area contributed by atoms with Crippen LogP contribution in [0.3, 0.4) is 0 Å². The lowest BCUT2D eigenvalue weighted by molar-refractivity contribution is -0.138. The number of carbonyl (C=O) groups is 1. The number of halogens is 1.